The number of carbonyl (C=O) groups is 1. The number of H-pyrrole nitrogens is 2. The predicted octanol–water partition coefficient (Wildman–Crippen LogP) is 11.1. The van der Waals surface area contributed by atoms with E-state index < -0.39 is 5.97 Å². The summed E-state index contributed by atoms with van der Waals surface area (Å²) in [5.74, 6) is -0.453. The van der Waals surface area contributed by atoms with E-state index in [0.717, 1.165) is 89.4 Å². The number of ether oxygens (including phenoxy) is 2. The fraction of sp³-hybridized carbons (Fsp3) is 0.0426. The maximum Gasteiger partial charge on any atom is 0.340 e. The highest BCUT2D eigenvalue weighted by Gasteiger charge is 2.19. The Bertz CT molecular complexity index is 2710. The number of hydrogen-bond donors (Lipinski definition) is 2. The SMILES string of the molecule is COCOC(=O)c1ccc(-c2c3nc(c(-c4ccccc4)c4ccc([nH]4)c(-c4ccccc4)c4nc(c(-c5ccccc5)c5ccc2[nH]5)C=C4)C=C3)cc1. The molecule has 7 aromatic rings. The van der Waals surface area contributed by atoms with Gasteiger partial charge in [0.2, 0.25) is 0 Å². The van der Waals surface area contributed by atoms with E-state index in [0.29, 0.717) is 5.56 Å². The van der Waals surface area contributed by atoms with E-state index in [1.807, 2.05) is 54.6 Å². The Labute approximate surface area is 312 Å². The lowest BCUT2D eigenvalue weighted by molar-refractivity contribution is -0.0125. The molecule has 2 aliphatic rings. The summed E-state index contributed by atoms with van der Waals surface area (Å²) < 4.78 is 10.1. The third-order valence-corrected chi connectivity index (χ3v) is 9.66. The standard InChI is InChI=1S/C47H34N4O3/c1-53-29-54-47(52)34-19-17-33(18-20-34)46-41-27-25-39(50-41)44(31-13-7-3-8-14-31)37-23-21-35(48-37)43(30-11-5-2-6-12-30)36-22-24-38(49-36)45(32-15-9-4-10-16-32)40-26-28-42(46)51-40/h2-28,48,51H,29H2,1H3. The molecule has 0 aliphatic carbocycles. The van der Waals surface area contributed by atoms with Crippen molar-refractivity contribution >= 4 is 52.3 Å². The van der Waals surface area contributed by atoms with E-state index in [1.54, 1.807) is 12.1 Å². The second kappa shape index (κ2) is 14.1. The van der Waals surface area contributed by atoms with E-state index in [4.69, 9.17) is 19.4 Å². The number of nitrogens with zero attached hydrogens (tertiary/aromatic N) is 2. The van der Waals surface area contributed by atoms with E-state index >= 15 is 0 Å². The minimum atomic E-state index is -0.453. The third-order valence-electron chi connectivity index (χ3n) is 9.66. The minimum Gasteiger partial charge on any atom is -0.435 e. The smallest absolute Gasteiger partial charge is 0.340 e. The quantitative estimate of drug-likeness (QED) is 0.127. The highest BCUT2D eigenvalue weighted by Crippen LogP contribution is 2.38. The molecule has 0 fully saturated rings. The first kappa shape index (κ1) is 32.8. The van der Waals surface area contributed by atoms with Crippen LogP contribution in [0.25, 0.3) is 90.9 Å². The molecule has 0 atom stereocenters. The van der Waals surface area contributed by atoms with Crippen LogP contribution < -0.4 is 0 Å². The lowest BCUT2D eigenvalue weighted by atomic mass is 10.0. The summed E-state index contributed by atoms with van der Waals surface area (Å²) in [7, 11) is 1.48. The second-order valence-electron chi connectivity index (χ2n) is 13.0. The van der Waals surface area contributed by atoms with E-state index in [9.17, 15) is 4.79 Å². The minimum absolute atomic E-state index is 0.114. The molecule has 260 valence electrons. The summed E-state index contributed by atoms with van der Waals surface area (Å²) in [5.41, 5.74) is 15.3. The van der Waals surface area contributed by atoms with Crippen molar-refractivity contribution in [1.82, 2.24) is 19.9 Å². The highest BCUT2D eigenvalue weighted by atomic mass is 16.7. The summed E-state index contributed by atoms with van der Waals surface area (Å²) in [6.07, 6.45) is 8.34. The Morgan fingerprint density at radius 3 is 1.13 bits per heavy atom. The highest BCUT2D eigenvalue weighted by molar-refractivity contribution is 6.00. The molecule has 0 spiro atoms. The molecular weight excluding hydrogens is 669 g/mol. The Balaban J connectivity index is 1.40. The monoisotopic (exact) mass is 702 g/mol. The van der Waals surface area contributed by atoms with Crippen LogP contribution in [0.1, 0.15) is 33.1 Å². The number of fused-ring (bicyclic) bond motifs is 8. The summed E-state index contributed by atoms with van der Waals surface area (Å²) >= 11 is 0. The van der Waals surface area contributed by atoms with Gasteiger partial charge in [0.05, 0.1) is 28.3 Å². The normalized spacial score (nSPS) is 11.9. The lowest BCUT2D eigenvalue weighted by Gasteiger charge is -2.08. The van der Waals surface area contributed by atoms with Crippen LogP contribution in [0, 0.1) is 0 Å². The van der Waals surface area contributed by atoms with Crippen LogP contribution >= 0.6 is 0 Å². The topological polar surface area (TPSA) is 92.9 Å². The van der Waals surface area contributed by atoms with Crippen LogP contribution in [-0.2, 0) is 9.47 Å². The molecule has 0 saturated carbocycles. The van der Waals surface area contributed by atoms with Crippen molar-refractivity contribution < 1.29 is 14.3 Å². The Morgan fingerprint density at radius 1 is 0.463 bits per heavy atom. The first-order valence-corrected chi connectivity index (χ1v) is 17.7. The average Bonchev–Trinajstić information content (AvgIpc) is 4.07. The number of esters is 1. The predicted molar refractivity (Wildman–Crippen MR) is 218 cm³/mol. The van der Waals surface area contributed by atoms with Crippen molar-refractivity contribution in [3.63, 3.8) is 0 Å². The maximum absolute atomic E-state index is 12.7. The average molecular weight is 703 g/mol. The van der Waals surface area contributed by atoms with Gasteiger partial charge < -0.3 is 19.4 Å². The van der Waals surface area contributed by atoms with Gasteiger partial charge in [-0.05, 0) is 83.0 Å². The van der Waals surface area contributed by atoms with Crippen LogP contribution in [0.15, 0.2) is 140 Å². The fourth-order valence-corrected chi connectivity index (χ4v) is 7.20. The Morgan fingerprint density at radius 2 is 0.796 bits per heavy atom. The number of rotatable bonds is 7. The van der Waals surface area contributed by atoms with Gasteiger partial charge in [0.1, 0.15) is 0 Å². The molecule has 54 heavy (non-hydrogen) atoms. The number of aromatic nitrogens is 4. The van der Waals surface area contributed by atoms with E-state index in [1.165, 1.54) is 7.11 Å². The molecule has 5 heterocycles. The summed E-state index contributed by atoms with van der Waals surface area (Å²) in [6.45, 7) is -0.114. The van der Waals surface area contributed by atoms with Gasteiger partial charge in [-0.25, -0.2) is 14.8 Å². The molecular formula is C47H34N4O3. The summed E-state index contributed by atoms with van der Waals surface area (Å²) in [6, 6.07) is 46.9. The van der Waals surface area contributed by atoms with Crippen LogP contribution in [0.3, 0.4) is 0 Å². The van der Waals surface area contributed by atoms with Gasteiger partial charge in [-0.3, -0.25) is 0 Å². The first-order valence-electron chi connectivity index (χ1n) is 17.7. The number of aromatic amines is 2. The van der Waals surface area contributed by atoms with Gasteiger partial charge in [0, 0.05) is 51.4 Å². The lowest BCUT2D eigenvalue weighted by Crippen LogP contribution is -2.07. The molecule has 3 aromatic heterocycles. The largest absolute Gasteiger partial charge is 0.435 e. The molecule has 2 aliphatic heterocycles. The number of benzene rings is 4. The van der Waals surface area contributed by atoms with Crippen LogP contribution in [0.4, 0.5) is 0 Å². The van der Waals surface area contributed by atoms with E-state index in [-0.39, 0.29) is 6.79 Å². The van der Waals surface area contributed by atoms with Crippen LogP contribution in [-0.4, -0.2) is 39.8 Å². The molecule has 2 N–H and O–H groups in total. The van der Waals surface area contributed by atoms with Crippen molar-refractivity contribution in [2.24, 2.45) is 0 Å². The third kappa shape index (κ3) is 6.12. The van der Waals surface area contributed by atoms with Crippen molar-refractivity contribution in [2.45, 2.75) is 0 Å². The number of nitrogens with one attached hydrogen (secondary N) is 2. The van der Waals surface area contributed by atoms with Gasteiger partial charge in [-0.2, -0.15) is 0 Å². The van der Waals surface area contributed by atoms with Gasteiger partial charge in [0.15, 0.2) is 6.79 Å². The van der Waals surface area contributed by atoms with Gasteiger partial charge in [-0.1, -0.05) is 103 Å². The fourth-order valence-electron chi connectivity index (χ4n) is 7.20. The molecule has 0 saturated heterocycles. The zero-order chi connectivity index (χ0) is 36.4. The molecule has 8 bridgehead atoms. The van der Waals surface area contributed by atoms with Crippen molar-refractivity contribution in [1.29, 1.82) is 0 Å². The van der Waals surface area contributed by atoms with Crippen molar-refractivity contribution in [2.75, 3.05) is 13.9 Å². The zero-order valence-electron chi connectivity index (χ0n) is 29.4. The summed E-state index contributed by atoms with van der Waals surface area (Å²) in [4.78, 5) is 30.9. The number of methoxy groups -OCH3 is 1. The van der Waals surface area contributed by atoms with Crippen molar-refractivity contribution in [3.05, 3.63) is 168 Å². The summed E-state index contributed by atoms with van der Waals surface area (Å²) in [5, 5.41) is 0. The maximum atomic E-state index is 12.7. The molecule has 0 radical (unpaired) electrons. The number of hydrogen-bond acceptors (Lipinski definition) is 5. The van der Waals surface area contributed by atoms with Gasteiger partial charge in [-0.15, -0.1) is 0 Å². The Hall–Kier alpha value is -7.09. The van der Waals surface area contributed by atoms with Crippen molar-refractivity contribution in [3.8, 4) is 44.5 Å². The molecule has 7 nitrogen and oxygen atoms in total. The van der Waals surface area contributed by atoms with Crippen LogP contribution in [0.5, 0.6) is 0 Å². The van der Waals surface area contributed by atoms with Crippen LogP contribution in [0.2, 0.25) is 0 Å². The van der Waals surface area contributed by atoms with Gasteiger partial charge in [0.25, 0.3) is 0 Å². The zero-order valence-corrected chi connectivity index (χ0v) is 29.4. The molecule has 0 unspecified atom stereocenters. The van der Waals surface area contributed by atoms with Gasteiger partial charge >= 0.3 is 5.97 Å². The molecule has 0 amide bonds. The molecule has 4 aromatic carbocycles. The Kier molecular flexibility index (Phi) is 8.59. The molecule has 9 rings (SSSR count). The molecule has 7 heteroatoms. The van der Waals surface area contributed by atoms with E-state index in [2.05, 4.69) is 107 Å². The first-order chi connectivity index (χ1) is 26.6. The number of carbonyl (C=O) groups excluding carboxylic acids is 1. The second-order valence-corrected chi connectivity index (χ2v) is 13.0.